The summed E-state index contributed by atoms with van der Waals surface area (Å²) in [6.07, 6.45) is 4.03. The molecule has 1 aromatic carbocycles. The Morgan fingerprint density at radius 3 is 2.23 bits per heavy atom. The second-order valence-electron chi connectivity index (χ2n) is 3.89. The first-order valence-electron chi connectivity index (χ1n) is 4.39. The van der Waals surface area contributed by atoms with Gasteiger partial charge in [-0.15, -0.1) is 0 Å². The topological polar surface area (TPSA) is 12.0 Å². The standard InChI is InChI=1S/C11H17N2/c1-13(2,3)12-10-9-11-7-5-4-6-8-11/h4-10,12H,1-3H3/q+1. The fourth-order valence-electron chi connectivity index (χ4n) is 0.921. The molecule has 2 nitrogen and oxygen atoms in total. The molecule has 0 bridgehead atoms. The zero-order valence-electron chi connectivity index (χ0n) is 8.49. The van der Waals surface area contributed by atoms with E-state index in [0.717, 1.165) is 4.59 Å². The molecule has 1 N–H and O–H groups in total. The molecular weight excluding hydrogens is 160 g/mol. The number of nitrogens with one attached hydrogen (secondary N) is 1. The molecule has 1 aromatic rings. The highest BCUT2D eigenvalue weighted by atomic mass is 15.6. The van der Waals surface area contributed by atoms with Crippen LogP contribution in [0.15, 0.2) is 36.5 Å². The molecule has 0 saturated heterocycles. The van der Waals surface area contributed by atoms with Crippen molar-refractivity contribution >= 4 is 6.08 Å². The van der Waals surface area contributed by atoms with Crippen LogP contribution in [0.1, 0.15) is 5.56 Å². The molecule has 2 heteroatoms. The van der Waals surface area contributed by atoms with Crippen molar-refractivity contribution in [3.05, 3.63) is 42.1 Å². The fraction of sp³-hybridized carbons (Fsp3) is 0.273. The first kappa shape index (κ1) is 9.81. The Bertz CT molecular complexity index is 270. The highest BCUT2D eigenvalue weighted by Crippen LogP contribution is 1.99. The van der Waals surface area contributed by atoms with Crippen LogP contribution in [-0.2, 0) is 0 Å². The van der Waals surface area contributed by atoms with Gasteiger partial charge in [-0.2, -0.15) is 0 Å². The maximum absolute atomic E-state index is 3.23. The summed E-state index contributed by atoms with van der Waals surface area (Å²) in [7, 11) is 6.24. The molecule has 0 saturated carbocycles. The number of hydrogen-bond donors (Lipinski definition) is 1. The summed E-state index contributed by atoms with van der Waals surface area (Å²) >= 11 is 0. The van der Waals surface area contributed by atoms with Crippen LogP contribution in [0.25, 0.3) is 6.08 Å². The van der Waals surface area contributed by atoms with Crippen LogP contribution >= 0.6 is 0 Å². The molecule has 0 spiro atoms. The predicted molar refractivity (Wildman–Crippen MR) is 56.6 cm³/mol. The van der Waals surface area contributed by atoms with Crippen molar-refractivity contribution in [3.8, 4) is 0 Å². The van der Waals surface area contributed by atoms with Gasteiger partial charge >= 0.3 is 0 Å². The average molecular weight is 177 g/mol. The van der Waals surface area contributed by atoms with E-state index in [9.17, 15) is 0 Å². The summed E-state index contributed by atoms with van der Waals surface area (Å²) in [6.45, 7) is 0. The van der Waals surface area contributed by atoms with Crippen LogP contribution < -0.4 is 5.43 Å². The van der Waals surface area contributed by atoms with Crippen LogP contribution in [0.5, 0.6) is 0 Å². The van der Waals surface area contributed by atoms with E-state index in [1.54, 1.807) is 0 Å². The zero-order valence-corrected chi connectivity index (χ0v) is 8.49. The number of quaternary nitrogens is 1. The summed E-state index contributed by atoms with van der Waals surface area (Å²) < 4.78 is 0.726. The van der Waals surface area contributed by atoms with Gasteiger partial charge in [0.2, 0.25) is 0 Å². The van der Waals surface area contributed by atoms with E-state index in [0.29, 0.717) is 0 Å². The van der Waals surface area contributed by atoms with E-state index < -0.39 is 0 Å². The maximum Gasteiger partial charge on any atom is 0.0901 e. The molecule has 0 aliphatic heterocycles. The fourth-order valence-corrected chi connectivity index (χ4v) is 0.921. The number of rotatable bonds is 3. The molecule has 0 atom stereocenters. The lowest BCUT2D eigenvalue weighted by molar-refractivity contribution is -0.909. The maximum atomic E-state index is 3.23. The van der Waals surface area contributed by atoms with Crippen molar-refractivity contribution in [2.24, 2.45) is 0 Å². The lowest BCUT2D eigenvalue weighted by atomic mass is 10.2. The van der Waals surface area contributed by atoms with Crippen molar-refractivity contribution in [2.75, 3.05) is 21.1 Å². The summed E-state index contributed by atoms with van der Waals surface area (Å²) in [5, 5.41) is 0. The lowest BCUT2D eigenvalue weighted by Crippen LogP contribution is -2.44. The quantitative estimate of drug-likeness (QED) is 0.549. The molecule has 0 fully saturated rings. The van der Waals surface area contributed by atoms with Crippen molar-refractivity contribution in [1.82, 2.24) is 5.43 Å². The van der Waals surface area contributed by atoms with Gasteiger partial charge in [0.15, 0.2) is 0 Å². The second kappa shape index (κ2) is 4.10. The van der Waals surface area contributed by atoms with Crippen LogP contribution in [0, 0.1) is 0 Å². The number of hydrogen-bond acceptors (Lipinski definition) is 1. The molecule has 0 unspecified atom stereocenters. The van der Waals surface area contributed by atoms with E-state index in [1.165, 1.54) is 5.56 Å². The third-order valence-corrected chi connectivity index (χ3v) is 1.54. The Balaban J connectivity index is 2.51. The lowest BCUT2D eigenvalue weighted by Gasteiger charge is -2.22. The first-order valence-corrected chi connectivity index (χ1v) is 4.39. The molecule has 0 amide bonds. The number of benzene rings is 1. The molecule has 13 heavy (non-hydrogen) atoms. The molecule has 0 aliphatic carbocycles. The van der Waals surface area contributed by atoms with E-state index in [1.807, 2.05) is 24.4 Å². The molecular formula is C11H17N2+. The van der Waals surface area contributed by atoms with E-state index >= 15 is 0 Å². The summed E-state index contributed by atoms with van der Waals surface area (Å²) in [5.74, 6) is 0. The van der Waals surface area contributed by atoms with Crippen molar-refractivity contribution in [3.63, 3.8) is 0 Å². The van der Waals surface area contributed by atoms with Gasteiger partial charge in [0.25, 0.3) is 0 Å². The molecule has 1 rings (SSSR count). The first-order chi connectivity index (χ1) is 6.08. The van der Waals surface area contributed by atoms with Gasteiger partial charge in [-0.25, -0.2) is 10.0 Å². The largest absolute Gasteiger partial charge is 0.245 e. The van der Waals surface area contributed by atoms with E-state index in [2.05, 4.69) is 44.8 Å². The smallest absolute Gasteiger partial charge is 0.0901 e. The van der Waals surface area contributed by atoms with Crippen molar-refractivity contribution in [1.29, 1.82) is 0 Å². The third-order valence-electron chi connectivity index (χ3n) is 1.54. The molecule has 0 radical (unpaired) electrons. The Morgan fingerprint density at radius 2 is 1.69 bits per heavy atom. The molecule has 70 valence electrons. The summed E-state index contributed by atoms with van der Waals surface area (Å²) in [6, 6.07) is 10.2. The van der Waals surface area contributed by atoms with Crippen molar-refractivity contribution < 1.29 is 4.59 Å². The van der Waals surface area contributed by atoms with Gasteiger partial charge in [-0.1, -0.05) is 30.3 Å². The van der Waals surface area contributed by atoms with Gasteiger partial charge in [0.1, 0.15) is 0 Å². The minimum absolute atomic E-state index is 0.726. The van der Waals surface area contributed by atoms with Gasteiger partial charge < -0.3 is 0 Å². The Kier molecular flexibility index (Phi) is 3.09. The molecule has 0 aromatic heterocycles. The van der Waals surface area contributed by atoms with Gasteiger partial charge in [0, 0.05) is 6.20 Å². The highest BCUT2D eigenvalue weighted by molar-refractivity contribution is 5.47. The zero-order chi connectivity index (χ0) is 9.73. The van der Waals surface area contributed by atoms with Crippen LogP contribution in [-0.4, -0.2) is 25.7 Å². The van der Waals surface area contributed by atoms with Crippen molar-refractivity contribution in [2.45, 2.75) is 0 Å². The Hall–Kier alpha value is -1.28. The third kappa shape index (κ3) is 4.33. The monoisotopic (exact) mass is 177 g/mol. The second-order valence-corrected chi connectivity index (χ2v) is 3.89. The molecule has 0 heterocycles. The average Bonchev–Trinajstić information content (AvgIpc) is 2.04. The molecule has 0 aliphatic rings. The Labute approximate surface area is 80.1 Å². The Morgan fingerprint density at radius 1 is 1.08 bits per heavy atom. The minimum atomic E-state index is 0.726. The minimum Gasteiger partial charge on any atom is -0.245 e. The van der Waals surface area contributed by atoms with E-state index in [4.69, 9.17) is 0 Å². The normalized spacial score (nSPS) is 11.9. The van der Waals surface area contributed by atoms with Gasteiger partial charge in [-0.05, 0) is 11.6 Å². The SMILES string of the molecule is C[N+](C)(C)NC=Cc1ccccc1. The van der Waals surface area contributed by atoms with Crippen LogP contribution in [0.2, 0.25) is 0 Å². The number of nitrogens with zero attached hydrogens (tertiary/aromatic N) is 1. The van der Waals surface area contributed by atoms with E-state index in [-0.39, 0.29) is 0 Å². The summed E-state index contributed by atoms with van der Waals surface area (Å²) in [4.78, 5) is 0. The van der Waals surface area contributed by atoms with Crippen LogP contribution in [0.4, 0.5) is 0 Å². The van der Waals surface area contributed by atoms with Crippen LogP contribution in [0.3, 0.4) is 0 Å². The highest BCUT2D eigenvalue weighted by Gasteiger charge is 1.99. The predicted octanol–water partition coefficient (Wildman–Crippen LogP) is 1.87. The van der Waals surface area contributed by atoms with Gasteiger partial charge in [0.05, 0.1) is 21.1 Å². The summed E-state index contributed by atoms with van der Waals surface area (Å²) in [5.41, 5.74) is 4.44. The van der Waals surface area contributed by atoms with Gasteiger partial charge in [-0.3, -0.25) is 0 Å².